The molecule has 0 radical (unpaired) electrons. The third kappa shape index (κ3) is 8.95. The minimum Gasteiger partial charge on any atom is -0.491 e. The van der Waals surface area contributed by atoms with Crippen LogP contribution in [0.1, 0.15) is 66.9 Å². The van der Waals surface area contributed by atoms with Crippen LogP contribution in [0.5, 0.6) is 5.75 Å². The van der Waals surface area contributed by atoms with E-state index in [1.807, 2.05) is 12.1 Å². The number of ether oxygens (including phenoxy) is 2. The Morgan fingerprint density at radius 1 is 1.00 bits per heavy atom. The maximum Gasteiger partial charge on any atom is 0.119 e. The van der Waals surface area contributed by atoms with Gasteiger partial charge in [0.25, 0.3) is 0 Å². The van der Waals surface area contributed by atoms with Gasteiger partial charge in [-0.15, -0.1) is 0 Å². The number of aliphatic hydroxyl groups excluding tert-OH is 1. The van der Waals surface area contributed by atoms with Crippen LogP contribution in [0.25, 0.3) is 0 Å². The normalized spacial score (nSPS) is 22.1. The highest BCUT2D eigenvalue weighted by atomic mass is 16.5. The first-order valence-corrected chi connectivity index (χ1v) is 11.7. The summed E-state index contributed by atoms with van der Waals surface area (Å²) >= 11 is 0. The molecule has 0 bridgehead atoms. The number of benzene rings is 1. The van der Waals surface area contributed by atoms with E-state index in [9.17, 15) is 5.11 Å². The van der Waals surface area contributed by atoms with Crippen molar-refractivity contribution in [1.82, 2.24) is 4.90 Å². The van der Waals surface area contributed by atoms with Gasteiger partial charge in [-0.3, -0.25) is 0 Å². The molecule has 1 aromatic rings. The van der Waals surface area contributed by atoms with Gasteiger partial charge in [-0.05, 0) is 53.2 Å². The van der Waals surface area contributed by atoms with Crippen LogP contribution in [0, 0.1) is 17.3 Å². The summed E-state index contributed by atoms with van der Waals surface area (Å²) in [5.74, 6) is 2.28. The highest BCUT2D eigenvalue weighted by molar-refractivity contribution is 5.31. The lowest BCUT2D eigenvalue weighted by atomic mass is 9.72. The molecule has 1 N–H and O–H groups in total. The van der Waals surface area contributed by atoms with Gasteiger partial charge in [-0.1, -0.05) is 60.6 Å². The van der Waals surface area contributed by atoms with Gasteiger partial charge < -0.3 is 19.5 Å². The van der Waals surface area contributed by atoms with Crippen LogP contribution >= 0.6 is 0 Å². The second-order valence-corrected chi connectivity index (χ2v) is 11.4. The summed E-state index contributed by atoms with van der Waals surface area (Å²) in [7, 11) is 0. The Kier molecular flexibility index (Phi) is 9.20. The fraction of sp³-hybridized carbons (Fsp3) is 0.769. The molecular weight excluding hydrogens is 374 g/mol. The van der Waals surface area contributed by atoms with Crippen molar-refractivity contribution in [1.29, 1.82) is 0 Å². The lowest BCUT2D eigenvalue weighted by Crippen LogP contribution is -2.43. The standard InChI is InChI=1S/C26H45NO3/c1-20-14-21(2)16-27(15-20)17-23(28)18-29-12-13-30-24-10-8-22(9-11-24)26(6,7)19-25(3,4)5/h8-11,20-21,23,28H,12-19H2,1-7H3/t20-,21+,23-/m1/s1. The predicted molar refractivity (Wildman–Crippen MR) is 125 cm³/mol. The monoisotopic (exact) mass is 419 g/mol. The summed E-state index contributed by atoms with van der Waals surface area (Å²) in [6.07, 6.45) is 1.98. The SMILES string of the molecule is C[C@@H]1C[C@H](C)CN(C[C@@H](O)COCCOc2ccc(C(C)(C)CC(C)(C)C)cc2)C1. The van der Waals surface area contributed by atoms with Crippen LogP contribution in [-0.2, 0) is 10.2 Å². The molecule has 1 aliphatic heterocycles. The van der Waals surface area contributed by atoms with Crippen LogP contribution in [-0.4, -0.2) is 55.6 Å². The Morgan fingerprint density at radius 3 is 2.17 bits per heavy atom. The van der Waals surface area contributed by atoms with Crippen molar-refractivity contribution in [2.45, 2.75) is 72.8 Å². The minimum absolute atomic E-state index is 0.139. The zero-order valence-corrected chi connectivity index (χ0v) is 20.4. The molecule has 0 spiro atoms. The van der Waals surface area contributed by atoms with Crippen LogP contribution in [0.2, 0.25) is 0 Å². The van der Waals surface area contributed by atoms with E-state index in [-0.39, 0.29) is 5.41 Å². The largest absolute Gasteiger partial charge is 0.491 e. The van der Waals surface area contributed by atoms with Gasteiger partial charge in [0, 0.05) is 19.6 Å². The minimum atomic E-state index is -0.438. The van der Waals surface area contributed by atoms with Crippen molar-refractivity contribution in [3.8, 4) is 5.75 Å². The summed E-state index contributed by atoms with van der Waals surface area (Å²) in [5, 5.41) is 10.3. The highest BCUT2D eigenvalue weighted by Gasteiger charge is 2.27. The first kappa shape index (κ1) is 25.2. The average Bonchev–Trinajstić information content (AvgIpc) is 2.59. The first-order valence-electron chi connectivity index (χ1n) is 11.7. The molecule has 172 valence electrons. The molecule has 1 heterocycles. The Labute approximate surface area is 185 Å². The number of β-amino-alcohol motifs (C(OH)–C–C–N with tert-alkyl or cyclic N) is 1. The summed E-state index contributed by atoms with van der Waals surface area (Å²) in [4.78, 5) is 2.37. The zero-order chi connectivity index (χ0) is 22.4. The van der Waals surface area contributed by atoms with Crippen molar-refractivity contribution >= 4 is 0 Å². The summed E-state index contributed by atoms with van der Waals surface area (Å²) in [6.45, 7) is 20.3. The van der Waals surface area contributed by atoms with E-state index in [0.717, 1.165) is 25.3 Å². The summed E-state index contributed by atoms with van der Waals surface area (Å²) in [5.41, 5.74) is 1.77. The molecule has 1 fully saturated rings. The van der Waals surface area contributed by atoms with E-state index >= 15 is 0 Å². The molecule has 1 aliphatic rings. The zero-order valence-electron chi connectivity index (χ0n) is 20.4. The Balaban J connectivity index is 1.66. The molecule has 0 aliphatic carbocycles. The molecule has 1 aromatic carbocycles. The number of aliphatic hydroxyl groups is 1. The van der Waals surface area contributed by atoms with Gasteiger partial charge in [0.1, 0.15) is 12.4 Å². The van der Waals surface area contributed by atoms with Gasteiger partial charge in [0.15, 0.2) is 0 Å². The molecule has 4 heteroatoms. The predicted octanol–water partition coefficient (Wildman–Crippen LogP) is 5.13. The molecule has 3 atom stereocenters. The molecule has 4 nitrogen and oxygen atoms in total. The van der Waals surface area contributed by atoms with E-state index in [1.54, 1.807) is 0 Å². The van der Waals surface area contributed by atoms with Gasteiger partial charge >= 0.3 is 0 Å². The quantitative estimate of drug-likeness (QED) is 0.534. The van der Waals surface area contributed by atoms with Crippen LogP contribution < -0.4 is 4.74 Å². The maximum atomic E-state index is 10.3. The van der Waals surface area contributed by atoms with Gasteiger partial charge in [-0.2, -0.15) is 0 Å². The number of nitrogens with zero attached hydrogens (tertiary/aromatic N) is 1. The number of hydrogen-bond acceptors (Lipinski definition) is 4. The first-order chi connectivity index (χ1) is 13.9. The van der Waals surface area contributed by atoms with E-state index in [2.05, 4.69) is 65.5 Å². The highest BCUT2D eigenvalue weighted by Crippen LogP contribution is 2.36. The fourth-order valence-electron chi connectivity index (χ4n) is 5.16. The third-order valence-corrected chi connectivity index (χ3v) is 5.83. The number of likely N-dealkylation sites (tertiary alicyclic amines) is 1. The van der Waals surface area contributed by atoms with Gasteiger partial charge in [0.2, 0.25) is 0 Å². The van der Waals surface area contributed by atoms with Crippen molar-refractivity contribution in [2.24, 2.45) is 17.3 Å². The smallest absolute Gasteiger partial charge is 0.119 e. The molecule has 0 amide bonds. The van der Waals surface area contributed by atoms with Crippen molar-refractivity contribution in [3.05, 3.63) is 29.8 Å². The number of rotatable bonds is 10. The van der Waals surface area contributed by atoms with E-state index in [0.29, 0.717) is 43.6 Å². The second kappa shape index (κ2) is 11.0. The van der Waals surface area contributed by atoms with Crippen molar-refractivity contribution < 1.29 is 14.6 Å². The lowest BCUT2D eigenvalue weighted by molar-refractivity contribution is -0.00211. The Bertz CT molecular complexity index is 610. The van der Waals surface area contributed by atoms with E-state index < -0.39 is 6.10 Å². The van der Waals surface area contributed by atoms with E-state index in [4.69, 9.17) is 9.47 Å². The average molecular weight is 420 g/mol. The second-order valence-electron chi connectivity index (χ2n) is 11.4. The molecular formula is C26H45NO3. The molecule has 0 saturated carbocycles. The lowest BCUT2D eigenvalue weighted by Gasteiger charge is -2.35. The van der Waals surface area contributed by atoms with Crippen LogP contribution in [0.15, 0.2) is 24.3 Å². The van der Waals surface area contributed by atoms with Crippen LogP contribution in [0.3, 0.4) is 0 Å². The Morgan fingerprint density at radius 2 is 1.60 bits per heavy atom. The van der Waals surface area contributed by atoms with Crippen molar-refractivity contribution in [3.63, 3.8) is 0 Å². The number of piperidine rings is 1. The molecule has 0 aromatic heterocycles. The summed E-state index contributed by atoms with van der Waals surface area (Å²) < 4.78 is 11.5. The topological polar surface area (TPSA) is 41.9 Å². The van der Waals surface area contributed by atoms with Gasteiger partial charge in [0.05, 0.1) is 19.3 Å². The Hall–Kier alpha value is -1.10. The molecule has 1 saturated heterocycles. The maximum absolute atomic E-state index is 10.3. The van der Waals surface area contributed by atoms with Gasteiger partial charge in [-0.25, -0.2) is 0 Å². The molecule has 2 rings (SSSR count). The van der Waals surface area contributed by atoms with Crippen molar-refractivity contribution in [2.75, 3.05) is 39.5 Å². The number of hydrogen-bond donors (Lipinski definition) is 1. The third-order valence-electron chi connectivity index (χ3n) is 5.83. The van der Waals surface area contributed by atoms with E-state index in [1.165, 1.54) is 12.0 Å². The fourth-order valence-corrected chi connectivity index (χ4v) is 5.16. The van der Waals surface area contributed by atoms with Crippen LogP contribution in [0.4, 0.5) is 0 Å². The molecule has 0 unspecified atom stereocenters. The summed E-state index contributed by atoms with van der Waals surface area (Å²) in [6, 6.07) is 8.44. The molecule has 30 heavy (non-hydrogen) atoms.